The van der Waals surface area contributed by atoms with Crippen LogP contribution >= 0.6 is 22.9 Å². The number of likely N-dealkylation sites (N-methyl/N-ethyl adjacent to an activating group) is 1. The van der Waals surface area contributed by atoms with E-state index in [9.17, 15) is 4.79 Å². The number of nitrogens with zero attached hydrogens (tertiary/aromatic N) is 1. The molecule has 0 aliphatic rings. The quantitative estimate of drug-likeness (QED) is 0.690. The molecule has 0 aliphatic carbocycles. The number of ether oxygens (including phenoxy) is 3. The molecule has 0 atom stereocenters. The van der Waals surface area contributed by atoms with Gasteiger partial charge in [-0.1, -0.05) is 11.6 Å². The fraction of sp³-hybridized carbons (Fsp3) is 0.389. The Morgan fingerprint density at radius 3 is 2.20 bits per heavy atom. The highest BCUT2D eigenvalue weighted by Gasteiger charge is 2.18. The Labute approximate surface area is 157 Å². The van der Waals surface area contributed by atoms with Crippen LogP contribution in [0, 0.1) is 0 Å². The van der Waals surface area contributed by atoms with Crippen LogP contribution < -0.4 is 14.2 Å². The molecule has 0 bridgehead atoms. The first-order valence-corrected chi connectivity index (χ1v) is 9.02. The number of carbonyl (C=O) groups excluding carboxylic acids is 1. The molecule has 0 saturated carbocycles. The average Bonchev–Trinajstić information content (AvgIpc) is 3.03. The minimum atomic E-state index is 0.0290. The summed E-state index contributed by atoms with van der Waals surface area (Å²) in [6.45, 7) is 3.14. The van der Waals surface area contributed by atoms with Gasteiger partial charge in [-0.25, -0.2) is 0 Å². The Balaban J connectivity index is 2.17. The van der Waals surface area contributed by atoms with Gasteiger partial charge in [-0.2, -0.15) is 0 Å². The minimum absolute atomic E-state index is 0.0290. The van der Waals surface area contributed by atoms with Crippen LogP contribution in [-0.4, -0.2) is 38.7 Å². The number of halogens is 1. The van der Waals surface area contributed by atoms with Crippen LogP contribution in [0.25, 0.3) is 0 Å². The lowest BCUT2D eigenvalue weighted by Gasteiger charge is -2.21. The van der Waals surface area contributed by atoms with E-state index in [1.54, 1.807) is 38.4 Å². The second kappa shape index (κ2) is 8.97. The SMILES string of the molecule is CCN(Cc1ccc(Cl)s1)C(=O)Cc1cc(OC)c(OC)c(OC)c1. The molecule has 136 valence electrons. The van der Waals surface area contributed by atoms with Crippen molar-refractivity contribution in [3.05, 3.63) is 39.0 Å². The molecule has 7 heteroatoms. The molecule has 0 radical (unpaired) electrons. The Bertz CT molecular complexity index is 707. The first-order valence-electron chi connectivity index (χ1n) is 7.83. The van der Waals surface area contributed by atoms with Crippen molar-refractivity contribution in [1.29, 1.82) is 0 Å². The highest BCUT2D eigenvalue weighted by molar-refractivity contribution is 7.16. The Morgan fingerprint density at radius 1 is 1.12 bits per heavy atom. The summed E-state index contributed by atoms with van der Waals surface area (Å²) in [6, 6.07) is 7.39. The molecule has 1 aromatic carbocycles. The zero-order valence-electron chi connectivity index (χ0n) is 14.8. The number of methoxy groups -OCH3 is 3. The van der Waals surface area contributed by atoms with E-state index in [1.807, 2.05) is 19.1 Å². The molecule has 0 spiro atoms. The summed E-state index contributed by atoms with van der Waals surface area (Å²) < 4.78 is 16.7. The molecule has 5 nitrogen and oxygen atoms in total. The van der Waals surface area contributed by atoms with E-state index in [2.05, 4.69) is 0 Å². The van der Waals surface area contributed by atoms with Crippen LogP contribution in [0.15, 0.2) is 24.3 Å². The van der Waals surface area contributed by atoms with Gasteiger partial charge in [-0.05, 0) is 36.8 Å². The monoisotopic (exact) mass is 383 g/mol. The molecule has 2 aromatic rings. The van der Waals surface area contributed by atoms with Crippen LogP contribution in [0.2, 0.25) is 4.34 Å². The number of carbonyl (C=O) groups is 1. The first-order chi connectivity index (χ1) is 12.0. The van der Waals surface area contributed by atoms with Crippen LogP contribution in [0.5, 0.6) is 17.2 Å². The summed E-state index contributed by atoms with van der Waals surface area (Å²) in [5, 5.41) is 0. The average molecular weight is 384 g/mol. The molecule has 1 aromatic heterocycles. The number of amides is 1. The molecule has 0 N–H and O–H groups in total. The maximum Gasteiger partial charge on any atom is 0.227 e. The Kier molecular flexibility index (Phi) is 6.96. The maximum absolute atomic E-state index is 12.7. The van der Waals surface area contributed by atoms with Crippen molar-refractivity contribution < 1.29 is 19.0 Å². The van der Waals surface area contributed by atoms with Crippen molar-refractivity contribution >= 4 is 28.8 Å². The van der Waals surface area contributed by atoms with Gasteiger partial charge in [0.25, 0.3) is 0 Å². The standard InChI is InChI=1S/C18H22ClNO4S/c1-5-20(11-13-6-7-16(19)25-13)17(21)10-12-8-14(22-2)18(24-4)15(9-12)23-3/h6-9H,5,10-11H2,1-4H3. The second-order valence-corrected chi connectivity index (χ2v) is 7.12. The number of hydrogen-bond donors (Lipinski definition) is 0. The van der Waals surface area contributed by atoms with Gasteiger partial charge < -0.3 is 19.1 Å². The summed E-state index contributed by atoms with van der Waals surface area (Å²) in [5.74, 6) is 1.62. The molecule has 2 rings (SSSR count). The smallest absolute Gasteiger partial charge is 0.227 e. The lowest BCUT2D eigenvalue weighted by Crippen LogP contribution is -2.31. The van der Waals surface area contributed by atoms with E-state index in [-0.39, 0.29) is 12.3 Å². The molecule has 1 heterocycles. The molecule has 0 saturated heterocycles. The van der Waals surface area contributed by atoms with Gasteiger partial charge in [0.1, 0.15) is 0 Å². The molecular formula is C18H22ClNO4S. The predicted octanol–water partition coefficient (Wildman–Crippen LogP) is 4.02. The van der Waals surface area contributed by atoms with E-state index < -0.39 is 0 Å². The van der Waals surface area contributed by atoms with E-state index in [0.29, 0.717) is 30.3 Å². The zero-order valence-corrected chi connectivity index (χ0v) is 16.4. The van der Waals surface area contributed by atoms with Gasteiger partial charge in [0.15, 0.2) is 11.5 Å². The zero-order chi connectivity index (χ0) is 18.4. The highest BCUT2D eigenvalue weighted by atomic mass is 35.5. The predicted molar refractivity (Wildman–Crippen MR) is 100 cm³/mol. The van der Waals surface area contributed by atoms with Crippen molar-refractivity contribution in [1.82, 2.24) is 4.90 Å². The minimum Gasteiger partial charge on any atom is -0.493 e. The van der Waals surface area contributed by atoms with Gasteiger partial charge in [0.2, 0.25) is 11.7 Å². The van der Waals surface area contributed by atoms with Gasteiger partial charge in [-0.3, -0.25) is 4.79 Å². The Hall–Kier alpha value is -1.92. The number of rotatable bonds is 8. The van der Waals surface area contributed by atoms with E-state index in [4.69, 9.17) is 25.8 Å². The lowest BCUT2D eigenvalue weighted by atomic mass is 10.1. The van der Waals surface area contributed by atoms with Crippen molar-refractivity contribution in [2.24, 2.45) is 0 Å². The van der Waals surface area contributed by atoms with Gasteiger partial charge in [0, 0.05) is 11.4 Å². The maximum atomic E-state index is 12.7. The van der Waals surface area contributed by atoms with Gasteiger partial charge in [-0.15, -0.1) is 11.3 Å². The third kappa shape index (κ3) is 4.80. The Morgan fingerprint density at radius 2 is 1.76 bits per heavy atom. The third-order valence-corrected chi connectivity index (χ3v) is 5.01. The fourth-order valence-electron chi connectivity index (χ4n) is 2.53. The summed E-state index contributed by atoms with van der Waals surface area (Å²) in [6.07, 6.45) is 0.254. The highest BCUT2D eigenvalue weighted by Crippen LogP contribution is 2.38. The summed E-state index contributed by atoms with van der Waals surface area (Å²) >= 11 is 7.45. The van der Waals surface area contributed by atoms with E-state index in [0.717, 1.165) is 14.8 Å². The van der Waals surface area contributed by atoms with Crippen LogP contribution in [0.4, 0.5) is 0 Å². The van der Waals surface area contributed by atoms with Crippen molar-refractivity contribution in [3.8, 4) is 17.2 Å². The summed E-state index contributed by atoms with van der Waals surface area (Å²) in [7, 11) is 4.67. The van der Waals surface area contributed by atoms with Gasteiger partial charge >= 0.3 is 0 Å². The number of hydrogen-bond acceptors (Lipinski definition) is 5. The largest absolute Gasteiger partial charge is 0.493 e. The van der Waals surface area contributed by atoms with Crippen molar-refractivity contribution in [2.75, 3.05) is 27.9 Å². The summed E-state index contributed by atoms with van der Waals surface area (Å²) in [5.41, 5.74) is 0.808. The van der Waals surface area contributed by atoms with Crippen LogP contribution in [0.3, 0.4) is 0 Å². The topological polar surface area (TPSA) is 48.0 Å². The van der Waals surface area contributed by atoms with Crippen LogP contribution in [0.1, 0.15) is 17.4 Å². The normalized spacial score (nSPS) is 10.4. The van der Waals surface area contributed by atoms with E-state index in [1.165, 1.54) is 11.3 Å². The number of benzene rings is 1. The molecular weight excluding hydrogens is 362 g/mol. The van der Waals surface area contributed by atoms with Crippen LogP contribution in [-0.2, 0) is 17.8 Å². The molecule has 0 aliphatic heterocycles. The fourth-order valence-corrected chi connectivity index (χ4v) is 3.63. The van der Waals surface area contributed by atoms with Gasteiger partial charge in [0.05, 0.1) is 38.6 Å². The summed E-state index contributed by atoms with van der Waals surface area (Å²) in [4.78, 5) is 15.6. The van der Waals surface area contributed by atoms with Crippen molar-refractivity contribution in [2.45, 2.75) is 19.9 Å². The first kappa shape index (κ1) is 19.4. The molecule has 0 fully saturated rings. The second-order valence-electron chi connectivity index (χ2n) is 5.32. The van der Waals surface area contributed by atoms with Crippen molar-refractivity contribution in [3.63, 3.8) is 0 Å². The van der Waals surface area contributed by atoms with E-state index >= 15 is 0 Å². The third-order valence-electron chi connectivity index (χ3n) is 3.79. The number of thiophene rings is 1. The molecule has 0 unspecified atom stereocenters. The molecule has 1 amide bonds. The molecule has 25 heavy (non-hydrogen) atoms. The lowest BCUT2D eigenvalue weighted by molar-refractivity contribution is -0.130.